The van der Waals surface area contributed by atoms with Crippen LogP contribution < -0.4 is 4.90 Å². The van der Waals surface area contributed by atoms with Crippen molar-refractivity contribution in [2.75, 3.05) is 11.9 Å². The Bertz CT molecular complexity index is 881. The summed E-state index contributed by atoms with van der Waals surface area (Å²) in [5.74, 6) is -0.312. The highest BCUT2D eigenvalue weighted by Gasteiger charge is 2.15. The van der Waals surface area contributed by atoms with E-state index in [1.54, 1.807) is 6.07 Å². The predicted octanol–water partition coefficient (Wildman–Crippen LogP) is 4.09. The number of nitrogens with zero attached hydrogens (tertiary/aromatic N) is 3. The lowest BCUT2D eigenvalue weighted by Gasteiger charge is -2.20. The highest BCUT2D eigenvalue weighted by Crippen LogP contribution is 2.26. The number of benzene rings is 1. The number of rotatable bonds is 5. The number of hydrogen-bond acceptors (Lipinski definition) is 4. The second kappa shape index (κ2) is 7.13. The Labute approximate surface area is 146 Å². The smallest absolute Gasteiger partial charge is 0.354 e. The standard InChI is InChI=1S/C20H19N3O2/c1-14(16-10-6-12-18(21-16)20(24)25)17-11-7-13-19(22-17)23(2)15-8-4-3-5-9-15/h3-14H,1-2H3,(H,24,25). The summed E-state index contributed by atoms with van der Waals surface area (Å²) in [5.41, 5.74) is 2.62. The molecule has 0 saturated carbocycles. The summed E-state index contributed by atoms with van der Waals surface area (Å²) in [4.78, 5) is 22.1. The van der Waals surface area contributed by atoms with Crippen molar-refractivity contribution >= 4 is 17.5 Å². The number of carbonyl (C=O) groups is 1. The molecule has 5 heteroatoms. The van der Waals surface area contributed by atoms with Gasteiger partial charge in [-0.2, -0.15) is 0 Å². The predicted molar refractivity (Wildman–Crippen MR) is 97.5 cm³/mol. The molecule has 0 aliphatic carbocycles. The number of aromatic nitrogens is 2. The van der Waals surface area contributed by atoms with Crippen molar-refractivity contribution in [2.24, 2.45) is 0 Å². The monoisotopic (exact) mass is 333 g/mol. The first-order chi connectivity index (χ1) is 12.1. The van der Waals surface area contributed by atoms with Crippen LogP contribution in [0, 0.1) is 0 Å². The van der Waals surface area contributed by atoms with Gasteiger partial charge in [0, 0.05) is 18.7 Å². The molecule has 2 aromatic heterocycles. The van der Waals surface area contributed by atoms with E-state index in [9.17, 15) is 4.79 Å². The van der Waals surface area contributed by atoms with Gasteiger partial charge < -0.3 is 10.0 Å². The Morgan fingerprint density at radius 1 is 0.920 bits per heavy atom. The zero-order chi connectivity index (χ0) is 17.8. The van der Waals surface area contributed by atoms with E-state index in [2.05, 4.69) is 4.98 Å². The topological polar surface area (TPSA) is 66.3 Å². The van der Waals surface area contributed by atoms with Crippen LogP contribution in [0.25, 0.3) is 0 Å². The van der Waals surface area contributed by atoms with E-state index < -0.39 is 5.97 Å². The van der Waals surface area contributed by atoms with Gasteiger partial charge in [0.1, 0.15) is 11.5 Å². The molecule has 0 aliphatic rings. The fraction of sp³-hybridized carbons (Fsp3) is 0.150. The second-order valence-electron chi connectivity index (χ2n) is 5.79. The van der Waals surface area contributed by atoms with Gasteiger partial charge in [0.15, 0.2) is 0 Å². The van der Waals surface area contributed by atoms with E-state index in [0.29, 0.717) is 5.69 Å². The number of aromatic carboxylic acids is 1. The summed E-state index contributed by atoms with van der Waals surface area (Å²) in [5, 5.41) is 9.12. The minimum absolute atomic E-state index is 0.0434. The first kappa shape index (κ1) is 16.6. The molecule has 1 atom stereocenters. The van der Waals surface area contributed by atoms with Gasteiger partial charge >= 0.3 is 5.97 Å². The third kappa shape index (κ3) is 3.66. The molecule has 0 amide bonds. The highest BCUT2D eigenvalue weighted by molar-refractivity contribution is 5.85. The number of para-hydroxylation sites is 1. The Morgan fingerprint density at radius 2 is 1.56 bits per heavy atom. The molecular formula is C20H19N3O2. The van der Waals surface area contributed by atoms with Crippen LogP contribution >= 0.6 is 0 Å². The average molecular weight is 333 g/mol. The molecule has 0 aliphatic heterocycles. The van der Waals surface area contributed by atoms with E-state index in [-0.39, 0.29) is 11.6 Å². The van der Waals surface area contributed by atoms with Gasteiger partial charge in [-0.05, 0) is 36.4 Å². The van der Waals surface area contributed by atoms with E-state index in [0.717, 1.165) is 17.2 Å². The van der Waals surface area contributed by atoms with Gasteiger partial charge in [-0.15, -0.1) is 0 Å². The average Bonchev–Trinajstić information content (AvgIpc) is 2.67. The lowest BCUT2D eigenvalue weighted by atomic mass is 10.0. The molecule has 5 nitrogen and oxygen atoms in total. The quantitative estimate of drug-likeness (QED) is 0.761. The van der Waals surface area contributed by atoms with Crippen LogP contribution in [-0.2, 0) is 0 Å². The first-order valence-corrected chi connectivity index (χ1v) is 8.02. The molecule has 0 bridgehead atoms. The van der Waals surface area contributed by atoms with Gasteiger partial charge in [0.2, 0.25) is 0 Å². The molecule has 1 N–H and O–H groups in total. The lowest BCUT2D eigenvalue weighted by Crippen LogP contribution is -2.13. The second-order valence-corrected chi connectivity index (χ2v) is 5.79. The van der Waals surface area contributed by atoms with Crippen LogP contribution in [0.4, 0.5) is 11.5 Å². The largest absolute Gasteiger partial charge is 0.477 e. The van der Waals surface area contributed by atoms with E-state index in [4.69, 9.17) is 10.1 Å². The van der Waals surface area contributed by atoms with Gasteiger partial charge in [-0.3, -0.25) is 0 Å². The number of pyridine rings is 2. The Morgan fingerprint density at radius 3 is 2.24 bits per heavy atom. The molecule has 2 heterocycles. The summed E-state index contributed by atoms with van der Waals surface area (Å²) in [6, 6.07) is 20.9. The van der Waals surface area contributed by atoms with Crippen LogP contribution in [-0.4, -0.2) is 28.1 Å². The highest BCUT2D eigenvalue weighted by atomic mass is 16.4. The zero-order valence-electron chi connectivity index (χ0n) is 14.1. The van der Waals surface area contributed by atoms with Crippen LogP contribution in [0.5, 0.6) is 0 Å². The maximum Gasteiger partial charge on any atom is 0.354 e. The third-order valence-electron chi connectivity index (χ3n) is 4.12. The Balaban J connectivity index is 1.91. The van der Waals surface area contributed by atoms with Gasteiger partial charge in [0.25, 0.3) is 0 Å². The molecule has 1 unspecified atom stereocenters. The van der Waals surface area contributed by atoms with Gasteiger partial charge in [0.05, 0.1) is 11.4 Å². The third-order valence-corrected chi connectivity index (χ3v) is 4.12. The summed E-state index contributed by atoms with van der Waals surface area (Å²) in [6.45, 7) is 1.97. The first-order valence-electron chi connectivity index (χ1n) is 8.02. The summed E-state index contributed by atoms with van der Waals surface area (Å²) < 4.78 is 0. The van der Waals surface area contributed by atoms with Crippen molar-refractivity contribution in [3.05, 3.63) is 83.8 Å². The Hall–Kier alpha value is -3.21. The van der Waals surface area contributed by atoms with E-state index in [1.807, 2.05) is 73.5 Å². The van der Waals surface area contributed by atoms with Crippen molar-refractivity contribution in [1.82, 2.24) is 9.97 Å². The summed E-state index contributed by atoms with van der Waals surface area (Å²) >= 11 is 0. The fourth-order valence-electron chi connectivity index (χ4n) is 2.61. The Kier molecular flexibility index (Phi) is 4.75. The van der Waals surface area contributed by atoms with Crippen molar-refractivity contribution in [3.8, 4) is 0 Å². The summed E-state index contributed by atoms with van der Waals surface area (Å²) in [6.07, 6.45) is 0. The number of anilines is 2. The molecule has 126 valence electrons. The molecule has 0 radical (unpaired) electrons. The van der Waals surface area contributed by atoms with Crippen molar-refractivity contribution in [1.29, 1.82) is 0 Å². The van der Waals surface area contributed by atoms with E-state index in [1.165, 1.54) is 6.07 Å². The van der Waals surface area contributed by atoms with Crippen LogP contribution in [0.2, 0.25) is 0 Å². The molecular weight excluding hydrogens is 314 g/mol. The maximum atomic E-state index is 11.1. The molecule has 0 saturated heterocycles. The van der Waals surface area contributed by atoms with Crippen LogP contribution in [0.3, 0.4) is 0 Å². The van der Waals surface area contributed by atoms with Crippen molar-refractivity contribution in [2.45, 2.75) is 12.8 Å². The molecule has 0 fully saturated rings. The SMILES string of the molecule is CC(c1cccc(C(=O)O)n1)c1cccc(N(C)c2ccccc2)n1. The zero-order valence-corrected chi connectivity index (χ0v) is 14.1. The molecule has 0 spiro atoms. The van der Waals surface area contributed by atoms with Crippen molar-refractivity contribution in [3.63, 3.8) is 0 Å². The molecule has 1 aromatic carbocycles. The number of carboxylic acids is 1. The molecule has 3 aromatic rings. The maximum absolute atomic E-state index is 11.1. The minimum Gasteiger partial charge on any atom is -0.477 e. The normalized spacial score (nSPS) is 11.8. The van der Waals surface area contributed by atoms with E-state index >= 15 is 0 Å². The number of hydrogen-bond donors (Lipinski definition) is 1. The lowest BCUT2D eigenvalue weighted by molar-refractivity contribution is 0.0690. The van der Waals surface area contributed by atoms with Crippen molar-refractivity contribution < 1.29 is 9.90 Å². The minimum atomic E-state index is -1.03. The molecule has 3 rings (SSSR count). The summed E-state index contributed by atoms with van der Waals surface area (Å²) in [7, 11) is 1.97. The van der Waals surface area contributed by atoms with Crippen LogP contribution in [0.15, 0.2) is 66.7 Å². The van der Waals surface area contributed by atoms with Gasteiger partial charge in [-0.25, -0.2) is 14.8 Å². The number of carboxylic acid groups (broad SMARTS) is 1. The van der Waals surface area contributed by atoms with Gasteiger partial charge in [-0.1, -0.05) is 37.3 Å². The van der Waals surface area contributed by atoms with Crippen LogP contribution in [0.1, 0.15) is 34.7 Å². The molecule has 25 heavy (non-hydrogen) atoms. The fourth-order valence-corrected chi connectivity index (χ4v) is 2.61.